The first-order chi connectivity index (χ1) is 14.2. The zero-order valence-corrected chi connectivity index (χ0v) is 18.6. The molecule has 0 unspecified atom stereocenters. The smallest absolute Gasteiger partial charge is 0.220 e. The molecular weight excluding hydrogens is 374 g/mol. The van der Waals surface area contributed by atoms with Crippen LogP contribution < -0.4 is 5.32 Å². The maximum absolute atomic E-state index is 12.8. The van der Waals surface area contributed by atoms with E-state index in [1.54, 1.807) is 0 Å². The van der Waals surface area contributed by atoms with Gasteiger partial charge in [0, 0.05) is 24.7 Å². The van der Waals surface area contributed by atoms with Crippen molar-refractivity contribution in [1.29, 1.82) is 0 Å². The fourth-order valence-corrected chi connectivity index (χ4v) is 4.65. The van der Waals surface area contributed by atoms with Gasteiger partial charge in [0.15, 0.2) is 0 Å². The van der Waals surface area contributed by atoms with Crippen molar-refractivity contribution in [2.75, 3.05) is 0 Å². The van der Waals surface area contributed by atoms with E-state index in [1.807, 2.05) is 47.7 Å². The average molecular weight is 406 g/mol. The van der Waals surface area contributed by atoms with Crippen LogP contribution in [0.5, 0.6) is 0 Å². The molecule has 0 saturated carbocycles. The monoisotopic (exact) mass is 405 g/mol. The quantitative estimate of drug-likeness (QED) is 0.698. The molecular formula is C24H31N5O. The Balaban J connectivity index is 1.52. The van der Waals surface area contributed by atoms with E-state index in [9.17, 15) is 4.79 Å². The third kappa shape index (κ3) is 3.91. The number of amides is 1. The predicted octanol–water partition coefficient (Wildman–Crippen LogP) is 3.99. The second-order valence-electron chi connectivity index (χ2n) is 9.23. The third-order valence-electron chi connectivity index (χ3n) is 6.28. The molecule has 3 aromatic rings. The van der Waals surface area contributed by atoms with Gasteiger partial charge in [-0.15, -0.1) is 0 Å². The minimum absolute atomic E-state index is 0.00944. The summed E-state index contributed by atoms with van der Waals surface area (Å²) >= 11 is 0. The fourth-order valence-electron chi connectivity index (χ4n) is 4.65. The molecule has 4 rings (SSSR count). The second kappa shape index (κ2) is 7.74. The lowest BCUT2D eigenvalue weighted by atomic mass is 9.74. The molecule has 2 heterocycles. The first-order valence-corrected chi connectivity index (χ1v) is 10.7. The van der Waals surface area contributed by atoms with Crippen molar-refractivity contribution < 1.29 is 4.79 Å². The molecule has 30 heavy (non-hydrogen) atoms. The number of para-hydroxylation sites is 1. The number of benzene rings is 1. The maximum Gasteiger partial charge on any atom is 0.220 e. The first-order valence-electron chi connectivity index (χ1n) is 10.7. The summed E-state index contributed by atoms with van der Waals surface area (Å²) in [5.41, 5.74) is 6.80. The molecule has 6 heteroatoms. The van der Waals surface area contributed by atoms with Gasteiger partial charge < -0.3 is 5.32 Å². The molecule has 1 atom stereocenters. The van der Waals surface area contributed by atoms with Gasteiger partial charge in [-0.25, -0.2) is 4.68 Å². The molecule has 1 aliphatic rings. The lowest BCUT2D eigenvalue weighted by molar-refractivity contribution is -0.122. The van der Waals surface area contributed by atoms with Crippen molar-refractivity contribution in [2.45, 2.75) is 59.4 Å². The van der Waals surface area contributed by atoms with Gasteiger partial charge in [0.25, 0.3) is 0 Å². The Kier molecular flexibility index (Phi) is 5.26. The summed E-state index contributed by atoms with van der Waals surface area (Å²) in [5, 5.41) is 12.4. The van der Waals surface area contributed by atoms with Crippen LogP contribution in [0, 0.1) is 19.3 Å². The highest BCUT2D eigenvalue weighted by Gasteiger charge is 2.36. The minimum Gasteiger partial charge on any atom is -0.349 e. The van der Waals surface area contributed by atoms with Gasteiger partial charge in [-0.1, -0.05) is 32.0 Å². The van der Waals surface area contributed by atoms with Gasteiger partial charge in [0.2, 0.25) is 5.91 Å². The van der Waals surface area contributed by atoms with Gasteiger partial charge in [0.1, 0.15) is 0 Å². The highest BCUT2D eigenvalue weighted by Crippen LogP contribution is 2.41. The molecule has 1 aromatic carbocycles. The molecule has 0 bridgehead atoms. The van der Waals surface area contributed by atoms with Crippen LogP contribution in [0.2, 0.25) is 0 Å². The standard InChI is InChI=1S/C24H31N5O/c1-16-19(17(2)28(5)27-16)11-12-23(30)26-21-13-24(3,4)14-22-20(21)15-25-29(22)18-9-7-6-8-10-18/h6-10,15,21H,11-14H2,1-5H3,(H,26,30)/t21-/m0/s1. The van der Waals surface area contributed by atoms with E-state index in [1.165, 1.54) is 11.3 Å². The van der Waals surface area contributed by atoms with Crippen LogP contribution in [0.25, 0.3) is 5.69 Å². The number of fused-ring (bicyclic) bond motifs is 1. The fraction of sp³-hybridized carbons (Fsp3) is 0.458. The second-order valence-corrected chi connectivity index (χ2v) is 9.23. The normalized spacial score (nSPS) is 17.6. The molecule has 0 saturated heterocycles. The van der Waals surface area contributed by atoms with Crippen LogP contribution in [0.3, 0.4) is 0 Å². The van der Waals surface area contributed by atoms with Crippen molar-refractivity contribution in [1.82, 2.24) is 24.9 Å². The lowest BCUT2D eigenvalue weighted by Gasteiger charge is -2.36. The summed E-state index contributed by atoms with van der Waals surface area (Å²) in [7, 11) is 1.95. The molecule has 158 valence electrons. The van der Waals surface area contributed by atoms with Crippen molar-refractivity contribution in [3.63, 3.8) is 0 Å². The van der Waals surface area contributed by atoms with Crippen LogP contribution in [0.15, 0.2) is 36.5 Å². The number of carbonyl (C=O) groups is 1. The molecule has 0 spiro atoms. The van der Waals surface area contributed by atoms with Gasteiger partial charge >= 0.3 is 0 Å². The zero-order valence-electron chi connectivity index (χ0n) is 18.6. The number of nitrogens with zero attached hydrogens (tertiary/aromatic N) is 4. The predicted molar refractivity (Wildman–Crippen MR) is 118 cm³/mol. The van der Waals surface area contributed by atoms with Crippen LogP contribution in [-0.4, -0.2) is 25.5 Å². The average Bonchev–Trinajstić information content (AvgIpc) is 3.21. The van der Waals surface area contributed by atoms with Crippen LogP contribution in [-0.2, 0) is 24.7 Å². The SMILES string of the molecule is Cc1nn(C)c(C)c1CCC(=O)N[C@H]1CC(C)(C)Cc2c1cnn2-c1ccccc1. The largest absolute Gasteiger partial charge is 0.349 e. The van der Waals surface area contributed by atoms with Gasteiger partial charge in [-0.05, 0) is 56.2 Å². The number of hydrogen-bond acceptors (Lipinski definition) is 3. The molecule has 6 nitrogen and oxygen atoms in total. The van der Waals surface area contributed by atoms with Crippen molar-refractivity contribution in [3.05, 3.63) is 64.7 Å². The Hall–Kier alpha value is -2.89. The molecule has 1 aliphatic carbocycles. The Morgan fingerprint density at radius 1 is 1.23 bits per heavy atom. The summed E-state index contributed by atoms with van der Waals surface area (Å²) in [4.78, 5) is 12.8. The summed E-state index contributed by atoms with van der Waals surface area (Å²) in [5.74, 6) is 0.0822. The van der Waals surface area contributed by atoms with Gasteiger partial charge in [-0.2, -0.15) is 10.2 Å². The molecule has 1 amide bonds. The van der Waals surface area contributed by atoms with Crippen LogP contribution >= 0.6 is 0 Å². The molecule has 2 aromatic heterocycles. The Morgan fingerprint density at radius 3 is 2.63 bits per heavy atom. The third-order valence-corrected chi connectivity index (χ3v) is 6.28. The van der Waals surface area contributed by atoms with Crippen LogP contribution in [0.4, 0.5) is 0 Å². The van der Waals surface area contributed by atoms with E-state index in [0.29, 0.717) is 12.8 Å². The molecule has 0 radical (unpaired) electrons. The summed E-state index contributed by atoms with van der Waals surface area (Å²) in [6.07, 6.45) is 4.96. The number of hydrogen-bond donors (Lipinski definition) is 1. The maximum atomic E-state index is 12.8. The van der Waals surface area contributed by atoms with Crippen molar-refractivity contribution >= 4 is 5.91 Å². The zero-order chi connectivity index (χ0) is 21.5. The van der Waals surface area contributed by atoms with Gasteiger partial charge in [0.05, 0.1) is 29.3 Å². The summed E-state index contributed by atoms with van der Waals surface area (Å²) < 4.78 is 3.91. The summed E-state index contributed by atoms with van der Waals surface area (Å²) in [6, 6.07) is 10.2. The molecule has 1 N–H and O–H groups in total. The number of rotatable bonds is 5. The number of aromatic nitrogens is 4. The highest BCUT2D eigenvalue weighted by atomic mass is 16.1. The molecule has 0 fully saturated rings. The Bertz CT molecular complexity index is 1060. The highest BCUT2D eigenvalue weighted by molar-refractivity contribution is 5.77. The Labute approximate surface area is 178 Å². The number of carbonyl (C=O) groups excluding carboxylic acids is 1. The number of aryl methyl sites for hydroxylation is 2. The van der Waals surface area contributed by atoms with E-state index in [2.05, 4.69) is 48.4 Å². The van der Waals surface area contributed by atoms with Crippen molar-refractivity contribution in [3.8, 4) is 5.69 Å². The van der Waals surface area contributed by atoms with E-state index >= 15 is 0 Å². The summed E-state index contributed by atoms with van der Waals surface area (Å²) in [6.45, 7) is 8.59. The topological polar surface area (TPSA) is 64.7 Å². The molecule has 0 aliphatic heterocycles. The minimum atomic E-state index is -0.00944. The van der Waals surface area contributed by atoms with Crippen molar-refractivity contribution in [2.24, 2.45) is 12.5 Å². The van der Waals surface area contributed by atoms with E-state index < -0.39 is 0 Å². The van der Waals surface area contributed by atoms with Gasteiger partial charge in [-0.3, -0.25) is 9.48 Å². The lowest BCUT2D eigenvalue weighted by Crippen LogP contribution is -2.36. The first kappa shape index (κ1) is 20.4. The van der Waals surface area contributed by atoms with E-state index in [4.69, 9.17) is 0 Å². The van der Waals surface area contributed by atoms with Crippen LogP contribution in [0.1, 0.15) is 60.9 Å². The number of nitrogens with one attached hydrogen (secondary N) is 1. The Morgan fingerprint density at radius 2 is 1.97 bits per heavy atom. The van der Waals surface area contributed by atoms with E-state index in [0.717, 1.165) is 35.5 Å². The van der Waals surface area contributed by atoms with E-state index in [-0.39, 0.29) is 17.4 Å².